The fourth-order valence-corrected chi connectivity index (χ4v) is 0.847. The van der Waals surface area contributed by atoms with E-state index in [4.69, 9.17) is 12.2 Å². The van der Waals surface area contributed by atoms with Crippen LogP contribution in [0, 0.1) is 12.3 Å². The molecule has 0 saturated carbocycles. The van der Waals surface area contributed by atoms with Crippen molar-refractivity contribution in [2.24, 2.45) is 5.73 Å². The lowest BCUT2D eigenvalue weighted by Gasteiger charge is -2.05. The van der Waals surface area contributed by atoms with Crippen LogP contribution in [0.1, 0.15) is 25.7 Å². The summed E-state index contributed by atoms with van der Waals surface area (Å²) in [5, 5.41) is 0. The van der Waals surface area contributed by atoms with E-state index in [1.54, 1.807) is 6.08 Å². The average Bonchev–Trinajstić information content (AvgIpc) is 2.05. The Hall–Kier alpha value is -1.07. The predicted octanol–water partition coefficient (Wildman–Crippen LogP) is 1.26. The van der Waals surface area contributed by atoms with Crippen molar-refractivity contribution >= 4 is 5.78 Å². The summed E-state index contributed by atoms with van der Waals surface area (Å²) in [6, 6.07) is -0.472. The monoisotopic (exact) mass is 165 g/mol. The Labute approximate surface area is 73.8 Å². The second kappa shape index (κ2) is 6.63. The van der Waals surface area contributed by atoms with Gasteiger partial charge in [0.1, 0.15) is 0 Å². The number of carbonyl (C=O) groups is 1. The Morgan fingerprint density at radius 3 is 2.92 bits per heavy atom. The molecule has 0 aliphatic rings. The lowest BCUT2D eigenvalue weighted by atomic mass is 10.1. The summed E-state index contributed by atoms with van der Waals surface area (Å²) >= 11 is 0. The standard InChI is InChI=1S/C10H15NO/c1-3-5-6-8-10(12)9(11)7-4-2/h2-3,9H,1,5-8,11H2. The minimum Gasteiger partial charge on any atom is -0.321 e. The van der Waals surface area contributed by atoms with Crippen LogP contribution in [0.3, 0.4) is 0 Å². The predicted molar refractivity (Wildman–Crippen MR) is 50.5 cm³/mol. The third-order valence-corrected chi connectivity index (χ3v) is 1.58. The minimum absolute atomic E-state index is 0.0507. The number of hydrogen-bond acceptors (Lipinski definition) is 2. The summed E-state index contributed by atoms with van der Waals surface area (Å²) in [7, 11) is 0. The van der Waals surface area contributed by atoms with E-state index in [2.05, 4.69) is 12.5 Å². The van der Waals surface area contributed by atoms with E-state index in [0.29, 0.717) is 12.8 Å². The van der Waals surface area contributed by atoms with Crippen LogP contribution in [-0.2, 0) is 4.79 Å². The molecule has 0 aromatic carbocycles. The van der Waals surface area contributed by atoms with E-state index in [1.165, 1.54) is 0 Å². The molecular formula is C10H15NO. The van der Waals surface area contributed by atoms with E-state index in [1.807, 2.05) is 0 Å². The highest BCUT2D eigenvalue weighted by atomic mass is 16.1. The minimum atomic E-state index is -0.472. The largest absolute Gasteiger partial charge is 0.321 e. The van der Waals surface area contributed by atoms with E-state index in [0.717, 1.165) is 12.8 Å². The van der Waals surface area contributed by atoms with Crippen molar-refractivity contribution < 1.29 is 4.79 Å². The molecule has 0 aliphatic carbocycles. The van der Waals surface area contributed by atoms with Crippen molar-refractivity contribution in [1.82, 2.24) is 0 Å². The third-order valence-electron chi connectivity index (χ3n) is 1.58. The lowest BCUT2D eigenvalue weighted by molar-refractivity contribution is -0.120. The Morgan fingerprint density at radius 2 is 2.42 bits per heavy atom. The Kier molecular flexibility index (Phi) is 6.04. The second-order valence-corrected chi connectivity index (χ2v) is 2.66. The highest BCUT2D eigenvalue weighted by Gasteiger charge is 2.10. The van der Waals surface area contributed by atoms with Crippen LogP contribution < -0.4 is 5.73 Å². The molecule has 12 heavy (non-hydrogen) atoms. The van der Waals surface area contributed by atoms with Gasteiger partial charge in [0, 0.05) is 12.8 Å². The van der Waals surface area contributed by atoms with Crippen molar-refractivity contribution in [3.63, 3.8) is 0 Å². The molecule has 0 aromatic rings. The number of unbranched alkanes of at least 4 members (excludes halogenated alkanes) is 1. The summed E-state index contributed by atoms with van der Waals surface area (Å²) < 4.78 is 0. The smallest absolute Gasteiger partial charge is 0.150 e. The number of nitrogens with two attached hydrogens (primary N) is 1. The van der Waals surface area contributed by atoms with Crippen molar-refractivity contribution in [3.8, 4) is 12.3 Å². The molecule has 0 spiro atoms. The molecule has 0 fully saturated rings. The summed E-state index contributed by atoms with van der Waals surface area (Å²) in [6.45, 7) is 3.56. The summed E-state index contributed by atoms with van der Waals surface area (Å²) in [5.74, 6) is 2.42. The molecule has 0 aromatic heterocycles. The SMILES string of the molecule is C#CCC(N)C(=O)CCCC=C. The quantitative estimate of drug-likeness (QED) is 0.366. The van der Waals surface area contributed by atoms with Crippen LogP contribution in [0.15, 0.2) is 12.7 Å². The molecule has 2 N–H and O–H groups in total. The molecule has 0 heterocycles. The van der Waals surface area contributed by atoms with Crippen molar-refractivity contribution in [2.75, 3.05) is 0 Å². The first kappa shape index (κ1) is 10.9. The van der Waals surface area contributed by atoms with Crippen LogP contribution in [0.4, 0.5) is 0 Å². The first-order chi connectivity index (χ1) is 5.72. The van der Waals surface area contributed by atoms with Gasteiger partial charge in [-0.15, -0.1) is 18.9 Å². The molecule has 0 rings (SSSR count). The Morgan fingerprint density at radius 1 is 1.75 bits per heavy atom. The highest BCUT2D eigenvalue weighted by Crippen LogP contribution is 2.00. The van der Waals surface area contributed by atoms with Gasteiger partial charge in [0.2, 0.25) is 0 Å². The second-order valence-electron chi connectivity index (χ2n) is 2.66. The van der Waals surface area contributed by atoms with Gasteiger partial charge in [-0.3, -0.25) is 4.79 Å². The molecule has 0 aliphatic heterocycles. The molecule has 0 radical (unpaired) electrons. The van der Waals surface area contributed by atoms with Gasteiger partial charge in [-0.25, -0.2) is 0 Å². The maximum Gasteiger partial charge on any atom is 0.150 e. The van der Waals surface area contributed by atoms with E-state index < -0.39 is 6.04 Å². The first-order valence-electron chi connectivity index (χ1n) is 4.05. The maximum absolute atomic E-state index is 11.2. The Bertz CT molecular complexity index is 191. The zero-order valence-electron chi connectivity index (χ0n) is 7.25. The van der Waals surface area contributed by atoms with Gasteiger partial charge in [-0.05, 0) is 12.8 Å². The Balaban J connectivity index is 3.58. The topological polar surface area (TPSA) is 43.1 Å². The van der Waals surface area contributed by atoms with E-state index in [9.17, 15) is 4.79 Å². The number of rotatable bonds is 6. The van der Waals surface area contributed by atoms with Gasteiger partial charge >= 0.3 is 0 Å². The molecule has 0 amide bonds. The van der Waals surface area contributed by atoms with Crippen LogP contribution in [0.2, 0.25) is 0 Å². The fourth-order valence-electron chi connectivity index (χ4n) is 0.847. The molecule has 2 nitrogen and oxygen atoms in total. The number of allylic oxidation sites excluding steroid dienone is 1. The number of carbonyl (C=O) groups excluding carboxylic acids is 1. The highest BCUT2D eigenvalue weighted by molar-refractivity contribution is 5.83. The fraction of sp³-hybridized carbons (Fsp3) is 0.500. The van der Waals surface area contributed by atoms with Gasteiger partial charge in [-0.2, -0.15) is 0 Å². The van der Waals surface area contributed by atoms with Gasteiger partial charge in [-0.1, -0.05) is 6.08 Å². The number of hydrogen-bond donors (Lipinski definition) is 1. The molecule has 0 saturated heterocycles. The van der Waals surface area contributed by atoms with Crippen LogP contribution >= 0.6 is 0 Å². The van der Waals surface area contributed by atoms with Crippen molar-refractivity contribution in [1.29, 1.82) is 0 Å². The average molecular weight is 165 g/mol. The zero-order chi connectivity index (χ0) is 9.40. The lowest BCUT2D eigenvalue weighted by Crippen LogP contribution is -2.29. The van der Waals surface area contributed by atoms with Gasteiger partial charge in [0.05, 0.1) is 6.04 Å². The van der Waals surface area contributed by atoms with Crippen LogP contribution in [-0.4, -0.2) is 11.8 Å². The van der Waals surface area contributed by atoms with Crippen molar-refractivity contribution in [3.05, 3.63) is 12.7 Å². The number of terminal acetylenes is 1. The maximum atomic E-state index is 11.2. The van der Waals surface area contributed by atoms with E-state index >= 15 is 0 Å². The van der Waals surface area contributed by atoms with E-state index in [-0.39, 0.29) is 5.78 Å². The third kappa shape index (κ3) is 4.70. The molecule has 0 bridgehead atoms. The van der Waals surface area contributed by atoms with Crippen LogP contribution in [0.25, 0.3) is 0 Å². The van der Waals surface area contributed by atoms with Crippen molar-refractivity contribution in [2.45, 2.75) is 31.7 Å². The molecule has 2 heteroatoms. The van der Waals surface area contributed by atoms with Gasteiger partial charge in [0.25, 0.3) is 0 Å². The first-order valence-corrected chi connectivity index (χ1v) is 4.05. The number of Topliss-reactive ketones (excluding diaryl/α,β-unsaturated/α-hetero) is 1. The zero-order valence-corrected chi connectivity index (χ0v) is 7.25. The molecule has 1 unspecified atom stereocenters. The summed E-state index contributed by atoms with van der Waals surface area (Å²) in [4.78, 5) is 11.2. The molecular weight excluding hydrogens is 150 g/mol. The number of ketones is 1. The molecule has 66 valence electrons. The molecule has 1 atom stereocenters. The summed E-state index contributed by atoms with van der Waals surface area (Å²) in [5.41, 5.74) is 5.49. The normalized spacial score (nSPS) is 11.7. The van der Waals surface area contributed by atoms with Gasteiger partial charge in [0.15, 0.2) is 5.78 Å². The van der Waals surface area contributed by atoms with Gasteiger partial charge < -0.3 is 5.73 Å². The summed E-state index contributed by atoms with van der Waals surface area (Å²) in [6.07, 6.45) is 9.34. The van der Waals surface area contributed by atoms with Crippen LogP contribution in [0.5, 0.6) is 0 Å².